The SMILES string of the molecule is CCc1ccc(-c2cn(CC3CCOCC3)cc(C(=O)Nc3ccc(-c4cc(/C(C=N)=C/NCC5COCCO5)cnc4N)cc3)c2=O)cc1. The molecule has 2 aliphatic rings. The number of aromatic nitrogens is 2. The first kappa shape index (κ1) is 34.8. The van der Waals surface area contributed by atoms with Crippen LogP contribution in [0.3, 0.4) is 0 Å². The summed E-state index contributed by atoms with van der Waals surface area (Å²) in [6.45, 7) is 6.48. The normalized spacial score (nSPS) is 16.9. The molecular formula is C39H44N6O5. The fraction of sp³-hybridized carbons (Fsp3) is 0.333. The van der Waals surface area contributed by atoms with Gasteiger partial charge in [-0.3, -0.25) is 9.59 Å². The molecule has 4 aromatic rings. The summed E-state index contributed by atoms with van der Waals surface area (Å²) in [7, 11) is 0. The average Bonchev–Trinajstić information content (AvgIpc) is 3.15. The van der Waals surface area contributed by atoms with Gasteiger partial charge < -0.3 is 40.6 Å². The molecule has 2 fully saturated rings. The van der Waals surface area contributed by atoms with Gasteiger partial charge in [0.05, 0.1) is 25.9 Å². The number of pyridine rings is 2. The maximum Gasteiger partial charge on any atom is 0.261 e. The van der Waals surface area contributed by atoms with Crippen molar-refractivity contribution < 1.29 is 19.0 Å². The van der Waals surface area contributed by atoms with Crippen molar-refractivity contribution in [3.8, 4) is 22.3 Å². The Hall–Kier alpha value is -5.10. The maximum absolute atomic E-state index is 13.8. The van der Waals surface area contributed by atoms with Crippen molar-refractivity contribution in [1.82, 2.24) is 14.9 Å². The molecule has 1 amide bonds. The van der Waals surface area contributed by atoms with Gasteiger partial charge in [0, 0.05) is 85.3 Å². The first-order valence-electron chi connectivity index (χ1n) is 17.1. The van der Waals surface area contributed by atoms with Crippen LogP contribution in [0.1, 0.15) is 41.3 Å². The Morgan fingerprint density at radius 3 is 2.44 bits per heavy atom. The molecule has 50 heavy (non-hydrogen) atoms. The standard InChI is InChI=1S/C39H44N6O5/c1-2-26-3-5-29(6-4-26)35-23-45(22-27-11-13-48-14-12-27)24-36(37(35)46)39(47)44-32-9-7-28(8-10-32)34-17-30(20-43-38(34)41)31(18-40)19-42-21-33-25-49-15-16-50-33/h3-10,17-20,23-24,27,33,40,42H,2,11-16,21-22,25H2,1H3,(H2,41,43)(H,44,47)/b31-19+,40-18?. The lowest BCUT2D eigenvalue weighted by Gasteiger charge is -2.23. The van der Waals surface area contributed by atoms with Gasteiger partial charge in [-0.05, 0) is 60.1 Å². The highest BCUT2D eigenvalue weighted by atomic mass is 16.6. The first-order valence-corrected chi connectivity index (χ1v) is 17.1. The molecular weight excluding hydrogens is 632 g/mol. The third kappa shape index (κ3) is 8.54. The van der Waals surface area contributed by atoms with Gasteiger partial charge in [0.25, 0.3) is 5.91 Å². The van der Waals surface area contributed by atoms with Crippen LogP contribution in [0.5, 0.6) is 0 Å². The number of hydrogen-bond acceptors (Lipinski definition) is 9. The number of nitrogens with two attached hydrogens (primary N) is 1. The van der Waals surface area contributed by atoms with Gasteiger partial charge in [0.2, 0.25) is 5.43 Å². The first-order chi connectivity index (χ1) is 24.4. The lowest BCUT2D eigenvalue weighted by atomic mass is 9.99. The minimum absolute atomic E-state index is 0.0499. The van der Waals surface area contributed by atoms with E-state index in [0.717, 1.165) is 49.2 Å². The molecule has 6 rings (SSSR count). The van der Waals surface area contributed by atoms with Crippen molar-refractivity contribution in [2.75, 3.05) is 50.6 Å². The van der Waals surface area contributed by atoms with Gasteiger partial charge in [-0.25, -0.2) is 4.98 Å². The third-order valence-corrected chi connectivity index (χ3v) is 9.16. The molecule has 4 heterocycles. The molecule has 2 aromatic carbocycles. The summed E-state index contributed by atoms with van der Waals surface area (Å²) in [4.78, 5) is 31.9. The molecule has 11 nitrogen and oxygen atoms in total. The molecule has 1 atom stereocenters. The largest absolute Gasteiger partial charge is 0.388 e. The molecule has 0 aliphatic carbocycles. The zero-order valence-electron chi connectivity index (χ0n) is 28.3. The second-order valence-electron chi connectivity index (χ2n) is 12.6. The van der Waals surface area contributed by atoms with Crippen molar-refractivity contribution in [2.45, 2.75) is 38.8 Å². The van der Waals surface area contributed by atoms with E-state index in [0.29, 0.717) is 67.0 Å². The molecule has 260 valence electrons. The minimum atomic E-state index is -0.475. The van der Waals surface area contributed by atoms with Crippen LogP contribution in [0.25, 0.3) is 27.8 Å². The Bertz CT molecular complexity index is 1870. The highest BCUT2D eigenvalue weighted by molar-refractivity contribution is 6.08. The monoisotopic (exact) mass is 676 g/mol. The second-order valence-corrected chi connectivity index (χ2v) is 12.6. The number of carbonyl (C=O) groups excluding carboxylic acids is 1. The number of nitrogens with one attached hydrogen (secondary N) is 3. The molecule has 0 spiro atoms. The number of carbonyl (C=O) groups is 1. The van der Waals surface area contributed by atoms with Gasteiger partial charge in [-0.1, -0.05) is 43.3 Å². The van der Waals surface area contributed by atoms with Crippen LogP contribution in [0.15, 0.2) is 84.2 Å². The minimum Gasteiger partial charge on any atom is -0.388 e. The van der Waals surface area contributed by atoms with Crippen LogP contribution in [0, 0.1) is 11.3 Å². The fourth-order valence-corrected chi connectivity index (χ4v) is 6.21. The van der Waals surface area contributed by atoms with Gasteiger partial charge in [0.1, 0.15) is 11.4 Å². The number of anilines is 2. The quantitative estimate of drug-likeness (QED) is 0.146. The van der Waals surface area contributed by atoms with Crippen LogP contribution in [0.2, 0.25) is 0 Å². The van der Waals surface area contributed by atoms with Crippen molar-refractivity contribution in [3.63, 3.8) is 0 Å². The molecule has 5 N–H and O–H groups in total. The number of nitrogen functional groups attached to an aromatic ring is 1. The van der Waals surface area contributed by atoms with Crippen LogP contribution in [-0.4, -0.2) is 67.4 Å². The summed E-state index contributed by atoms with van der Waals surface area (Å²) in [6, 6.07) is 17.0. The van der Waals surface area contributed by atoms with Crippen molar-refractivity contribution in [1.29, 1.82) is 5.41 Å². The Morgan fingerprint density at radius 1 is 1.00 bits per heavy atom. The van der Waals surface area contributed by atoms with Crippen LogP contribution < -0.4 is 21.8 Å². The van der Waals surface area contributed by atoms with E-state index in [4.69, 9.17) is 25.4 Å². The van der Waals surface area contributed by atoms with Gasteiger partial charge in [-0.2, -0.15) is 0 Å². The van der Waals surface area contributed by atoms with Crippen molar-refractivity contribution >= 4 is 29.2 Å². The van der Waals surface area contributed by atoms with Crippen LogP contribution >= 0.6 is 0 Å². The van der Waals surface area contributed by atoms with E-state index >= 15 is 0 Å². The van der Waals surface area contributed by atoms with Crippen LogP contribution in [-0.2, 0) is 27.2 Å². The Kier molecular flexibility index (Phi) is 11.5. The number of ether oxygens (including phenoxy) is 3. The van der Waals surface area contributed by atoms with E-state index in [-0.39, 0.29) is 17.1 Å². The average molecular weight is 677 g/mol. The van der Waals surface area contributed by atoms with E-state index in [1.54, 1.807) is 30.7 Å². The number of aryl methyl sites for hydroxylation is 1. The number of rotatable bonds is 12. The zero-order chi connectivity index (χ0) is 34.9. The lowest BCUT2D eigenvalue weighted by Crippen LogP contribution is -2.35. The number of hydrogen-bond donors (Lipinski definition) is 4. The number of benzene rings is 2. The topological polar surface area (TPSA) is 154 Å². The van der Waals surface area contributed by atoms with E-state index in [1.165, 1.54) is 11.8 Å². The molecule has 2 saturated heterocycles. The van der Waals surface area contributed by atoms with E-state index in [9.17, 15) is 9.59 Å². The summed E-state index contributed by atoms with van der Waals surface area (Å²) >= 11 is 0. The van der Waals surface area contributed by atoms with Crippen molar-refractivity contribution in [3.05, 3.63) is 106 Å². The van der Waals surface area contributed by atoms with Gasteiger partial charge in [-0.15, -0.1) is 0 Å². The summed E-state index contributed by atoms with van der Waals surface area (Å²) in [5.41, 5.74) is 11.9. The van der Waals surface area contributed by atoms with E-state index in [1.807, 2.05) is 53.2 Å². The summed E-state index contributed by atoms with van der Waals surface area (Å²) in [6.07, 6.45) is 10.9. The lowest BCUT2D eigenvalue weighted by molar-refractivity contribution is -0.0853. The highest BCUT2D eigenvalue weighted by Gasteiger charge is 2.20. The molecule has 0 bridgehead atoms. The molecule has 0 radical (unpaired) electrons. The Balaban J connectivity index is 1.21. The van der Waals surface area contributed by atoms with Gasteiger partial charge >= 0.3 is 0 Å². The molecule has 2 aromatic heterocycles. The molecule has 1 unspecified atom stereocenters. The van der Waals surface area contributed by atoms with E-state index in [2.05, 4.69) is 22.5 Å². The van der Waals surface area contributed by atoms with Gasteiger partial charge in [0.15, 0.2) is 0 Å². The van der Waals surface area contributed by atoms with Crippen LogP contribution in [0.4, 0.5) is 11.5 Å². The molecule has 2 aliphatic heterocycles. The van der Waals surface area contributed by atoms with Crippen molar-refractivity contribution in [2.24, 2.45) is 5.92 Å². The summed E-state index contributed by atoms with van der Waals surface area (Å²) in [5, 5.41) is 14.1. The predicted molar refractivity (Wildman–Crippen MR) is 196 cm³/mol. The zero-order valence-corrected chi connectivity index (χ0v) is 28.3. The number of nitrogens with zero attached hydrogens (tertiary/aromatic N) is 2. The third-order valence-electron chi connectivity index (χ3n) is 9.16. The second kappa shape index (κ2) is 16.5. The Morgan fingerprint density at radius 2 is 1.74 bits per heavy atom. The number of allylic oxidation sites excluding steroid dienone is 1. The summed E-state index contributed by atoms with van der Waals surface area (Å²) in [5.74, 6) is 0.264. The maximum atomic E-state index is 13.8. The molecule has 0 saturated carbocycles. The van der Waals surface area contributed by atoms with E-state index < -0.39 is 5.91 Å². The highest BCUT2D eigenvalue weighted by Crippen LogP contribution is 2.29. The number of amides is 1. The summed E-state index contributed by atoms with van der Waals surface area (Å²) < 4.78 is 18.6. The smallest absolute Gasteiger partial charge is 0.261 e. The molecule has 11 heteroatoms. The Labute approximate surface area is 292 Å². The predicted octanol–water partition coefficient (Wildman–Crippen LogP) is 5.40. The fourth-order valence-electron chi connectivity index (χ4n) is 6.21.